The number of rotatable bonds is 6. The molecule has 4 heteroatoms. The maximum atomic E-state index is 5.77. The third-order valence-electron chi connectivity index (χ3n) is 3.37. The molecule has 4 nitrogen and oxygen atoms in total. The van der Waals surface area contributed by atoms with E-state index in [9.17, 15) is 0 Å². The van der Waals surface area contributed by atoms with Crippen LogP contribution in [-0.2, 0) is 4.74 Å². The number of hydrogen-bond donors (Lipinski definition) is 1. The summed E-state index contributed by atoms with van der Waals surface area (Å²) >= 11 is 0. The summed E-state index contributed by atoms with van der Waals surface area (Å²) in [5, 5.41) is 3.42. The molecule has 1 aromatic rings. The van der Waals surface area contributed by atoms with Crippen LogP contribution >= 0.6 is 0 Å². The van der Waals surface area contributed by atoms with Gasteiger partial charge in [-0.1, -0.05) is 6.92 Å². The number of likely N-dealkylation sites (N-methyl/N-ethyl adjacent to an activating group) is 1. The van der Waals surface area contributed by atoms with Crippen molar-refractivity contribution in [2.75, 3.05) is 44.7 Å². The van der Waals surface area contributed by atoms with E-state index in [4.69, 9.17) is 9.47 Å². The van der Waals surface area contributed by atoms with Gasteiger partial charge < -0.3 is 14.8 Å². The van der Waals surface area contributed by atoms with Gasteiger partial charge in [0, 0.05) is 25.3 Å². The Bertz CT molecular complexity index is 367. The molecule has 0 aromatic heterocycles. The fraction of sp³-hybridized carbons (Fsp3) is 0.600. The molecular formula is C15H24N2O2. The zero-order chi connectivity index (χ0) is 13.5. The van der Waals surface area contributed by atoms with Crippen molar-refractivity contribution in [3.63, 3.8) is 0 Å². The molecule has 1 fully saturated rings. The quantitative estimate of drug-likeness (QED) is 0.854. The van der Waals surface area contributed by atoms with Gasteiger partial charge in [-0.25, -0.2) is 0 Å². The maximum Gasteiger partial charge on any atom is 0.119 e. The summed E-state index contributed by atoms with van der Waals surface area (Å²) in [6.07, 6.45) is 0.278. The Balaban J connectivity index is 1.78. The Morgan fingerprint density at radius 1 is 1.32 bits per heavy atom. The highest BCUT2D eigenvalue weighted by Gasteiger charge is 2.18. The van der Waals surface area contributed by atoms with Crippen molar-refractivity contribution in [3.05, 3.63) is 24.3 Å². The monoisotopic (exact) mass is 264 g/mol. The molecule has 1 N–H and O–H groups in total. The van der Waals surface area contributed by atoms with Crippen molar-refractivity contribution in [1.29, 1.82) is 0 Å². The van der Waals surface area contributed by atoms with E-state index in [2.05, 4.69) is 17.1 Å². The molecule has 0 amide bonds. The van der Waals surface area contributed by atoms with E-state index < -0.39 is 0 Å². The topological polar surface area (TPSA) is 33.7 Å². The van der Waals surface area contributed by atoms with Crippen LogP contribution in [0.15, 0.2) is 24.3 Å². The van der Waals surface area contributed by atoms with Crippen LogP contribution in [0.5, 0.6) is 5.75 Å². The number of anilines is 1. The summed E-state index contributed by atoms with van der Waals surface area (Å²) in [6, 6.07) is 8.08. The van der Waals surface area contributed by atoms with E-state index in [1.807, 2.05) is 31.2 Å². The van der Waals surface area contributed by atoms with Crippen molar-refractivity contribution in [2.24, 2.45) is 0 Å². The molecule has 0 bridgehead atoms. The predicted octanol–water partition coefficient (Wildman–Crippen LogP) is 2.22. The van der Waals surface area contributed by atoms with Gasteiger partial charge >= 0.3 is 0 Å². The van der Waals surface area contributed by atoms with Gasteiger partial charge in [0.15, 0.2) is 0 Å². The highest BCUT2D eigenvalue weighted by atomic mass is 16.5. The molecule has 0 aliphatic carbocycles. The summed E-state index contributed by atoms with van der Waals surface area (Å²) < 4.78 is 11.2. The van der Waals surface area contributed by atoms with Crippen LogP contribution in [0.4, 0.5) is 5.69 Å². The molecule has 1 atom stereocenters. The largest absolute Gasteiger partial charge is 0.494 e. The van der Waals surface area contributed by atoms with Gasteiger partial charge in [-0.3, -0.25) is 4.90 Å². The average Bonchev–Trinajstić information content (AvgIpc) is 2.47. The molecular weight excluding hydrogens is 240 g/mol. The van der Waals surface area contributed by atoms with Gasteiger partial charge in [0.1, 0.15) is 5.75 Å². The SMILES string of the molecule is CCOc1ccc(NCC2CN(CC)CCO2)cc1. The van der Waals surface area contributed by atoms with Crippen LogP contribution in [0.3, 0.4) is 0 Å². The standard InChI is InChI=1S/C15H24N2O2/c1-3-17-9-10-19-15(12-17)11-16-13-5-7-14(8-6-13)18-4-2/h5-8,15-16H,3-4,9-12H2,1-2H3. The van der Waals surface area contributed by atoms with Crippen LogP contribution in [-0.4, -0.2) is 50.4 Å². The Morgan fingerprint density at radius 3 is 2.79 bits per heavy atom. The van der Waals surface area contributed by atoms with Crippen molar-refractivity contribution in [3.8, 4) is 5.75 Å². The lowest BCUT2D eigenvalue weighted by Crippen LogP contribution is -2.45. The van der Waals surface area contributed by atoms with Crippen LogP contribution in [0.2, 0.25) is 0 Å². The van der Waals surface area contributed by atoms with E-state index in [1.165, 1.54) is 0 Å². The van der Waals surface area contributed by atoms with Gasteiger partial charge in [0.2, 0.25) is 0 Å². The van der Waals surface area contributed by atoms with Gasteiger partial charge in [0.25, 0.3) is 0 Å². The molecule has 19 heavy (non-hydrogen) atoms. The first kappa shape index (κ1) is 14.2. The lowest BCUT2D eigenvalue weighted by Gasteiger charge is -2.32. The van der Waals surface area contributed by atoms with Crippen LogP contribution < -0.4 is 10.1 Å². The normalized spacial score (nSPS) is 20.2. The molecule has 0 saturated carbocycles. The van der Waals surface area contributed by atoms with E-state index in [-0.39, 0.29) is 6.10 Å². The van der Waals surface area contributed by atoms with E-state index in [0.29, 0.717) is 6.61 Å². The molecule has 0 radical (unpaired) electrons. The summed E-state index contributed by atoms with van der Waals surface area (Å²) in [5.74, 6) is 0.916. The number of nitrogens with zero attached hydrogens (tertiary/aromatic N) is 1. The highest BCUT2D eigenvalue weighted by molar-refractivity contribution is 5.46. The highest BCUT2D eigenvalue weighted by Crippen LogP contribution is 2.16. The fourth-order valence-electron chi connectivity index (χ4n) is 2.26. The Kier molecular flexibility index (Phi) is 5.48. The maximum absolute atomic E-state index is 5.77. The number of nitrogens with one attached hydrogen (secondary N) is 1. The summed E-state index contributed by atoms with van der Waals surface area (Å²) in [5.41, 5.74) is 1.11. The second kappa shape index (κ2) is 7.36. The first-order chi connectivity index (χ1) is 9.31. The minimum absolute atomic E-state index is 0.278. The Hall–Kier alpha value is -1.26. The van der Waals surface area contributed by atoms with E-state index in [0.717, 1.165) is 44.2 Å². The van der Waals surface area contributed by atoms with Crippen molar-refractivity contribution < 1.29 is 9.47 Å². The van der Waals surface area contributed by atoms with Crippen LogP contribution in [0.25, 0.3) is 0 Å². The van der Waals surface area contributed by atoms with Crippen LogP contribution in [0.1, 0.15) is 13.8 Å². The molecule has 1 saturated heterocycles. The molecule has 0 spiro atoms. The first-order valence-corrected chi connectivity index (χ1v) is 7.12. The molecule has 106 valence electrons. The van der Waals surface area contributed by atoms with Crippen molar-refractivity contribution in [2.45, 2.75) is 20.0 Å². The zero-order valence-electron chi connectivity index (χ0n) is 11.9. The Labute approximate surface area is 115 Å². The van der Waals surface area contributed by atoms with Crippen molar-refractivity contribution in [1.82, 2.24) is 4.90 Å². The Morgan fingerprint density at radius 2 is 2.11 bits per heavy atom. The van der Waals surface area contributed by atoms with Crippen LogP contribution in [0, 0.1) is 0 Å². The van der Waals surface area contributed by atoms with Gasteiger partial charge in [-0.05, 0) is 37.7 Å². The molecule has 1 aromatic carbocycles. The summed E-state index contributed by atoms with van der Waals surface area (Å²) in [4.78, 5) is 2.42. The minimum Gasteiger partial charge on any atom is -0.494 e. The van der Waals surface area contributed by atoms with Gasteiger partial charge in [0.05, 0.1) is 19.3 Å². The fourth-order valence-corrected chi connectivity index (χ4v) is 2.26. The molecule has 1 heterocycles. The van der Waals surface area contributed by atoms with Gasteiger partial charge in [-0.15, -0.1) is 0 Å². The van der Waals surface area contributed by atoms with Crippen molar-refractivity contribution >= 4 is 5.69 Å². The van der Waals surface area contributed by atoms with E-state index >= 15 is 0 Å². The minimum atomic E-state index is 0.278. The zero-order valence-corrected chi connectivity index (χ0v) is 11.9. The summed E-state index contributed by atoms with van der Waals surface area (Å²) in [7, 11) is 0. The predicted molar refractivity (Wildman–Crippen MR) is 78.0 cm³/mol. The molecule has 1 aliphatic heterocycles. The smallest absolute Gasteiger partial charge is 0.119 e. The second-order valence-electron chi connectivity index (χ2n) is 4.72. The molecule has 1 aliphatic rings. The lowest BCUT2D eigenvalue weighted by molar-refractivity contribution is -0.0191. The first-order valence-electron chi connectivity index (χ1n) is 7.12. The number of benzene rings is 1. The average molecular weight is 264 g/mol. The molecule has 2 rings (SSSR count). The lowest BCUT2D eigenvalue weighted by atomic mass is 10.2. The third kappa shape index (κ3) is 4.40. The number of hydrogen-bond acceptors (Lipinski definition) is 4. The number of morpholine rings is 1. The van der Waals surface area contributed by atoms with Gasteiger partial charge in [-0.2, -0.15) is 0 Å². The van der Waals surface area contributed by atoms with E-state index in [1.54, 1.807) is 0 Å². The second-order valence-corrected chi connectivity index (χ2v) is 4.72. The third-order valence-corrected chi connectivity index (χ3v) is 3.37. The summed E-state index contributed by atoms with van der Waals surface area (Å²) in [6.45, 7) is 9.75. The number of ether oxygens (including phenoxy) is 2. The molecule has 1 unspecified atom stereocenters.